The summed E-state index contributed by atoms with van der Waals surface area (Å²) in [5, 5.41) is 95.2. The minimum absolute atomic E-state index is 0.323. The van der Waals surface area contributed by atoms with Crippen LogP contribution in [0.15, 0.2) is 267 Å². The fraction of sp³-hybridized carbons (Fsp3) is 0. The summed E-state index contributed by atoms with van der Waals surface area (Å²) in [6, 6.07) is 104. The van der Waals surface area contributed by atoms with Gasteiger partial charge in [-0.1, -0.05) is 127 Å². The van der Waals surface area contributed by atoms with E-state index in [-0.39, 0.29) is 0 Å². The first-order valence-electron chi connectivity index (χ1n) is 32.7. The second-order valence-electron chi connectivity index (χ2n) is 24.7. The van der Waals surface area contributed by atoms with Gasteiger partial charge in [0.2, 0.25) is 0 Å². The average molecular weight is 1320 g/mol. The number of hydrogen-bond donors (Lipinski definition) is 0. The number of aromatic nitrogens is 5. The van der Waals surface area contributed by atoms with Crippen LogP contribution in [0.25, 0.3) is 156 Å². The van der Waals surface area contributed by atoms with Crippen LogP contribution >= 0.6 is 0 Å². The minimum Gasteiger partial charge on any atom is -0.309 e. The Hall–Kier alpha value is -16.1. The van der Waals surface area contributed by atoms with Gasteiger partial charge >= 0.3 is 0 Å². The van der Waals surface area contributed by atoms with E-state index < -0.39 is 0 Å². The van der Waals surface area contributed by atoms with E-state index in [0.717, 1.165) is 105 Å². The number of nitrogens with zero attached hydrogens (tertiary/aromatic N) is 14. The molecule has 0 fully saturated rings. The van der Waals surface area contributed by atoms with Crippen LogP contribution in [0.4, 0.5) is 0 Å². The first-order chi connectivity index (χ1) is 51.1. The second kappa shape index (κ2) is 26.0. The van der Waals surface area contributed by atoms with Crippen molar-refractivity contribution in [3.63, 3.8) is 0 Å². The lowest BCUT2D eigenvalue weighted by molar-refractivity contribution is 1.07. The Morgan fingerprint density at radius 3 is 0.923 bits per heavy atom. The van der Waals surface area contributed by atoms with E-state index in [2.05, 4.69) is 88.0 Å². The SMILES string of the molecule is N#Cc1ccc(-c2ccc(-n3c4ccc(-c5ccc(C#N)cc5C#N)cc4c4cc(-c5ccc(C#N)cc5C#N)ccc43)c(-c3cc(-n4c5ccc(-c6ccc(C#N)cc6C#N)cc5c5cc(-c6ccc(C#N)cc6C#N)ccc54)ccc3-c3nc(-c4ccccc4)nc(-c4ccccc4)n3)c2)cc1. The lowest BCUT2D eigenvalue weighted by Gasteiger charge is -2.20. The van der Waals surface area contributed by atoms with Gasteiger partial charge in [-0.25, -0.2) is 15.0 Å². The van der Waals surface area contributed by atoms with E-state index in [1.54, 1.807) is 84.9 Å². The highest BCUT2D eigenvalue weighted by atomic mass is 15.0. The molecule has 16 aromatic rings. The van der Waals surface area contributed by atoms with E-state index >= 15 is 0 Å². The van der Waals surface area contributed by atoms with Gasteiger partial charge in [-0.3, -0.25) is 0 Å². The molecule has 14 heteroatoms. The van der Waals surface area contributed by atoms with Crippen molar-refractivity contribution < 1.29 is 0 Å². The van der Waals surface area contributed by atoms with Gasteiger partial charge in [0.05, 0.1) is 132 Å². The van der Waals surface area contributed by atoms with Gasteiger partial charge in [-0.2, -0.15) is 47.4 Å². The summed E-state index contributed by atoms with van der Waals surface area (Å²) < 4.78 is 4.39. The molecule has 0 aliphatic rings. The maximum absolute atomic E-state index is 10.6. The molecule has 0 saturated carbocycles. The second-order valence-corrected chi connectivity index (χ2v) is 24.7. The molecule has 0 N–H and O–H groups in total. The predicted molar refractivity (Wildman–Crippen MR) is 400 cm³/mol. The van der Waals surface area contributed by atoms with Crippen LogP contribution in [0.3, 0.4) is 0 Å². The zero-order chi connectivity index (χ0) is 71.1. The van der Waals surface area contributed by atoms with Crippen LogP contribution < -0.4 is 0 Å². The number of rotatable bonds is 11. The molecule has 474 valence electrons. The van der Waals surface area contributed by atoms with Crippen molar-refractivity contribution in [2.75, 3.05) is 0 Å². The maximum atomic E-state index is 10.6. The summed E-state index contributed by atoms with van der Waals surface area (Å²) in [5.41, 5.74) is 18.4. The maximum Gasteiger partial charge on any atom is 0.164 e. The van der Waals surface area contributed by atoms with Gasteiger partial charge in [0.15, 0.2) is 17.5 Å². The number of fused-ring (bicyclic) bond motifs is 6. The largest absolute Gasteiger partial charge is 0.309 e. The fourth-order valence-corrected chi connectivity index (χ4v) is 14.0. The zero-order valence-electron chi connectivity index (χ0n) is 54.7. The van der Waals surface area contributed by atoms with Gasteiger partial charge in [0.25, 0.3) is 0 Å². The van der Waals surface area contributed by atoms with Crippen molar-refractivity contribution in [1.29, 1.82) is 47.4 Å². The van der Waals surface area contributed by atoms with E-state index in [4.69, 9.17) is 15.0 Å². The average Bonchev–Trinajstić information content (AvgIpc) is 1.51. The molecule has 0 atom stereocenters. The van der Waals surface area contributed by atoms with Crippen molar-refractivity contribution in [3.8, 4) is 167 Å². The summed E-state index contributed by atoms with van der Waals surface area (Å²) in [5.74, 6) is 1.23. The Morgan fingerprint density at radius 2 is 0.548 bits per heavy atom. The number of nitriles is 9. The number of hydrogen-bond acceptors (Lipinski definition) is 12. The molecule has 0 spiro atoms. The third-order valence-electron chi connectivity index (χ3n) is 18.9. The highest BCUT2D eigenvalue weighted by Crippen LogP contribution is 2.46. The normalized spacial score (nSPS) is 10.8. The van der Waals surface area contributed by atoms with E-state index in [1.165, 1.54) is 0 Å². The molecule has 0 bridgehead atoms. The smallest absolute Gasteiger partial charge is 0.164 e. The Labute approximate surface area is 595 Å². The Morgan fingerprint density at radius 1 is 0.212 bits per heavy atom. The van der Waals surface area contributed by atoms with Crippen LogP contribution in [0.2, 0.25) is 0 Å². The molecular formula is C90H44N14. The monoisotopic (exact) mass is 1320 g/mol. The van der Waals surface area contributed by atoms with Gasteiger partial charge in [-0.05, 0) is 201 Å². The van der Waals surface area contributed by atoms with E-state index in [1.807, 2.05) is 158 Å². The van der Waals surface area contributed by atoms with Crippen LogP contribution in [0.5, 0.6) is 0 Å². The fourth-order valence-electron chi connectivity index (χ4n) is 14.0. The molecule has 16 rings (SSSR count). The number of benzene rings is 13. The molecule has 3 heterocycles. The van der Waals surface area contributed by atoms with Gasteiger partial charge < -0.3 is 9.13 Å². The Balaban J connectivity index is 1.03. The molecule has 0 aliphatic heterocycles. The van der Waals surface area contributed by atoms with Crippen LogP contribution in [0, 0.1) is 102 Å². The third-order valence-corrected chi connectivity index (χ3v) is 18.9. The molecule has 3 aromatic heterocycles. The molecule has 0 aliphatic carbocycles. The summed E-state index contributed by atoms with van der Waals surface area (Å²) in [6.07, 6.45) is 0. The summed E-state index contributed by atoms with van der Waals surface area (Å²) in [7, 11) is 0. The van der Waals surface area contributed by atoms with Crippen molar-refractivity contribution in [2.24, 2.45) is 0 Å². The molecule has 0 amide bonds. The minimum atomic E-state index is 0.323. The summed E-state index contributed by atoms with van der Waals surface area (Å²) in [4.78, 5) is 15.9. The molecule has 14 nitrogen and oxygen atoms in total. The van der Waals surface area contributed by atoms with Crippen LogP contribution in [0.1, 0.15) is 50.1 Å². The van der Waals surface area contributed by atoms with Gasteiger partial charge in [0.1, 0.15) is 0 Å². The molecule has 13 aromatic carbocycles. The molecule has 104 heavy (non-hydrogen) atoms. The first-order valence-corrected chi connectivity index (χ1v) is 32.7. The van der Waals surface area contributed by atoms with Gasteiger partial charge in [-0.15, -0.1) is 0 Å². The summed E-state index contributed by atoms with van der Waals surface area (Å²) >= 11 is 0. The van der Waals surface area contributed by atoms with Crippen molar-refractivity contribution in [1.82, 2.24) is 24.1 Å². The van der Waals surface area contributed by atoms with Crippen molar-refractivity contribution in [2.45, 2.75) is 0 Å². The van der Waals surface area contributed by atoms with Crippen molar-refractivity contribution in [3.05, 3.63) is 317 Å². The molecular weight excluding hydrogens is 1280 g/mol. The zero-order valence-corrected chi connectivity index (χ0v) is 54.7. The Bertz CT molecular complexity index is 6450. The lowest BCUT2D eigenvalue weighted by Crippen LogP contribution is -2.04. The quantitative estimate of drug-likeness (QED) is 0.117. The molecule has 0 radical (unpaired) electrons. The highest BCUT2D eigenvalue weighted by molar-refractivity contribution is 6.14. The predicted octanol–water partition coefficient (Wildman–Crippen LogP) is 19.9. The summed E-state index contributed by atoms with van der Waals surface area (Å²) in [6.45, 7) is 0. The highest BCUT2D eigenvalue weighted by Gasteiger charge is 2.26. The Kier molecular flexibility index (Phi) is 15.7. The molecule has 0 saturated heterocycles. The van der Waals surface area contributed by atoms with Crippen LogP contribution in [-0.4, -0.2) is 24.1 Å². The third kappa shape index (κ3) is 10.9. The lowest BCUT2D eigenvalue weighted by atomic mass is 9.92. The van der Waals surface area contributed by atoms with Crippen LogP contribution in [-0.2, 0) is 0 Å². The molecule has 0 unspecified atom stereocenters. The van der Waals surface area contributed by atoms with E-state index in [0.29, 0.717) is 101 Å². The standard InChI is InChI=1S/C90H44N14/c91-45-54-11-17-59(18-12-54)62-19-30-85(104-86-33-22-65(74-27-15-57(48-94)37-69(74)52-98)42-81(86)82-43-66(23-34-87(82)104)75-28-16-58(49-95)38-70(75)53-99)78(39-62)77-44-71(24-29-76(77)90-101-88(60-7-3-1-4-8-60)100-89(102-90)61-9-5-2-6-10-61)103-83-31-20-63(72-25-13-55(46-92)35-67(72)50-96)40-79(83)80-41-64(21-32-84(80)103)73-26-14-56(47-93)36-68(73)51-97/h1-44H. The van der Waals surface area contributed by atoms with Gasteiger partial charge in [0, 0.05) is 49.5 Å². The van der Waals surface area contributed by atoms with Crippen molar-refractivity contribution >= 4 is 43.6 Å². The van der Waals surface area contributed by atoms with E-state index in [9.17, 15) is 47.4 Å². The topological polar surface area (TPSA) is 263 Å². The first kappa shape index (κ1) is 62.7.